The minimum absolute atomic E-state index is 0.0282. The van der Waals surface area contributed by atoms with Crippen molar-refractivity contribution >= 4 is 39.1 Å². The number of nitrogens with zero attached hydrogens (tertiary/aromatic N) is 1. The Kier molecular flexibility index (Phi) is 5.55. The molecule has 2 rings (SSSR count). The maximum absolute atomic E-state index is 12.8. The average molecular weight is 389 g/mol. The second-order valence-electron chi connectivity index (χ2n) is 4.67. The predicted octanol–water partition coefficient (Wildman–Crippen LogP) is 2.92. The van der Waals surface area contributed by atoms with Gasteiger partial charge in [-0.15, -0.1) is 3.89 Å². The van der Waals surface area contributed by atoms with Gasteiger partial charge in [-0.05, 0) is 30.3 Å². The Bertz CT molecular complexity index is 917. The lowest BCUT2D eigenvalue weighted by Gasteiger charge is -2.09. The molecule has 2 aromatic carbocycles. The first kappa shape index (κ1) is 18.6. The van der Waals surface area contributed by atoms with Gasteiger partial charge in [-0.3, -0.25) is 14.9 Å². The fraction of sp³-hybridized carbons (Fsp3) is 0.0714. The second-order valence-corrected chi connectivity index (χ2v) is 6.43. The molecule has 0 saturated heterocycles. The molecule has 0 spiro atoms. The van der Waals surface area contributed by atoms with Crippen molar-refractivity contribution in [3.05, 3.63) is 57.6 Å². The number of hydrogen-bond acceptors (Lipinski definition) is 6. The molecule has 25 heavy (non-hydrogen) atoms. The van der Waals surface area contributed by atoms with Gasteiger partial charge in [0.15, 0.2) is 6.61 Å². The highest BCUT2D eigenvalue weighted by Gasteiger charge is 2.13. The van der Waals surface area contributed by atoms with E-state index in [1.807, 2.05) is 0 Å². The van der Waals surface area contributed by atoms with Crippen LogP contribution < -0.4 is 10.1 Å². The summed E-state index contributed by atoms with van der Waals surface area (Å²) in [6, 6.07) is 7.94. The van der Waals surface area contributed by atoms with Crippen molar-refractivity contribution in [3.8, 4) is 5.75 Å². The van der Waals surface area contributed by atoms with Crippen LogP contribution in [0.3, 0.4) is 0 Å². The Morgan fingerprint density at radius 1 is 1.24 bits per heavy atom. The molecular formula is C14H10ClFN2O6S. The molecule has 0 heterocycles. The highest BCUT2D eigenvalue weighted by molar-refractivity contribution is 7.86. The summed E-state index contributed by atoms with van der Waals surface area (Å²) >= 11 is 5.82. The van der Waals surface area contributed by atoms with Crippen LogP contribution in [0.25, 0.3) is 0 Å². The maximum Gasteiger partial charge on any atom is 0.332 e. The summed E-state index contributed by atoms with van der Waals surface area (Å²) in [7, 11) is -4.81. The molecule has 132 valence electrons. The van der Waals surface area contributed by atoms with Crippen LogP contribution in [0, 0.1) is 10.1 Å². The van der Waals surface area contributed by atoms with E-state index in [4.69, 9.17) is 16.3 Å². The molecule has 0 aliphatic carbocycles. The van der Waals surface area contributed by atoms with Gasteiger partial charge in [0.1, 0.15) is 5.75 Å². The number of amides is 1. The fourth-order valence-corrected chi connectivity index (χ4v) is 2.45. The quantitative estimate of drug-likeness (QED) is 0.462. The number of rotatable bonds is 6. The monoisotopic (exact) mass is 388 g/mol. The number of benzene rings is 2. The molecule has 0 atom stereocenters. The standard InChI is InChI=1S/C14H10ClFN2O6S/c15-12-7-10(18(20)21)3-6-13(12)24-8-14(19)17-9-1-4-11(5-2-9)25(16,22)23/h1-7H,8H2,(H,17,19). The van der Waals surface area contributed by atoms with E-state index in [2.05, 4.69) is 5.32 Å². The molecule has 0 aromatic heterocycles. The molecule has 1 amide bonds. The Morgan fingerprint density at radius 3 is 2.40 bits per heavy atom. The van der Waals surface area contributed by atoms with E-state index >= 15 is 0 Å². The van der Waals surface area contributed by atoms with E-state index < -0.39 is 32.6 Å². The predicted molar refractivity (Wildman–Crippen MR) is 87.0 cm³/mol. The van der Waals surface area contributed by atoms with Gasteiger partial charge in [0.05, 0.1) is 14.8 Å². The van der Waals surface area contributed by atoms with E-state index in [1.165, 1.54) is 24.3 Å². The SMILES string of the molecule is O=C(COc1ccc([N+](=O)[O-])cc1Cl)Nc1ccc(S(=O)(=O)F)cc1. The van der Waals surface area contributed by atoms with Crippen LogP contribution in [-0.2, 0) is 15.0 Å². The number of ether oxygens (including phenoxy) is 1. The van der Waals surface area contributed by atoms with Gasteiger partial charge in [-0.1, -0.05) is 11.6 Å². The van der Waals surface area contributed by atoms with Crippen molar-refractivity contribution in [2.75, 3.05) is 11.9 Å². The Morgan fingerprint density at radius 2 is 1.88 bits per heavy atom. The lowest BCUT2D eigenvalue weighted by Crippen LogP contribution is -2.20. The van der Waals surface area contributed by atoms with E-state index in [9.17, 15) is 27.2 Å². The van der Waals surface area contributed by atoms with Crippen LogP contribution in [0.15, 0.2) is 47.4 Å². The van der Waals surface area contributed by atoms with E-state index in [1.54, 1.807) is 0 Å². The van der Waals surface area contributed by atoms with Gasteiger partial charge in [0, 0.05) is 17.8 Å². The highest BCUT2D eigenvalue weighted by atomic mass is 35.5. The molecule has 0 aliphatic heterocycles. The molecule has 0 bridgehead atoms. The number of carbonyl (C=O) groups is 1. The summed E-state index contributed by atoms with van der Waals surface area (Å²) in [5.41, 5.74) is 0.0144. The minimum Gasteiger partial charge on any atom is -0.482 e. The minimum atomic E-state index is -4.81. The summed E-state index contributed by atoms with van der Waals surface area (Å²) in [5, 5.41) is 13.0. The zero-order valence-corrected chi connectivity index (χ0v) is 13.9. The third kappa shape index (κ3) is 5.13. The molecule has 0 unspecified atom stereocenters. The number of non-ortho nitro benzene ring substituents is 1. The van der Waals surface area contributed by atoms with Crippen molar-refractivity contribution in [1.82, 2.24) is 0 Å². The average Bonchev–Trinajstić information content (AvgIpc) is 2.53. The summed E-state index contributed by atoms with van der Waals surface area (Å²) < 4.78 is 39.3. The van der Waals surface area contributed by atoms with Crippen molar-refractivity contribution < 1.29 is 26.8 Å². The van der Waals surface area contributed by atoms with Crippen molar-refractivity contribution in [1.29, 1.82) is 0 Å². The van der Waals surface area contributed by atoms with E-state index in [0.29, 0.717) is 0 Å². The van der Waals surface area contributed by atoms with Crippen molar-refractivity contribution in [2.24, 2.45) is 0 Å². The van der Waals surface area contributed by atoms with Crippen LogP contribution >= 0.6 is 11.6 Å². The first-order valence-corrected chi connectivity index (χ1v) is 8.34. The Hall–Kier alpha value is -2.72. The summed E-state index contributed by atoms with van der Waals surface area (Å²) in [6.45, 7) is -0.444. The second kappa shape index (κ2) is 7.45. The molecular weight excluding hydrogens is 379 g/mol. The normalized spacial score (nSPS) is 11.0. The van der Waals surface area contributed by atoms with Crippen molar-refractivity contribution in [2.45, 2.75) is 4.90 Å². The smallest absolute Gasteiger partial charge is 0.332 e. The highest BCUT2D eigenvalue weighted by Crippen LogP contribution is 2.28. The largest absolute Gasteiger partial charge is 0.482 e. The third-order valence-electron chi connectivity index (χ3n) is 2.90. The molecule has 0 aliphatic rings. The van der Waals surface area contributed by atoms with Crippen LogP contribution in [0.2, 0.25) is 5.02 Å². The van der Waals surface area contributed by atoms with Crippen LogP contribution in [0.4, 0.5) is 15.3 Å². The van der Waals surface area contributed by atoms with E-state index in [-0.39, 0.29) is 22.1 Å². The van der Waals surface area contributed by atoms with Gasteiger partial charge in [0.25, 0.3) is 11.6 Å². The topological polar surface area (TPSA) is 116 Å². The summed E-state index contributed by atoms with van der Waals surface area (Å²) in [4.78, 5) is 21.2. The molecule has 8 nitrogen and oxygen atoms in total. The first-order chi connectivity index (χ1) is 11.7. The number of hydrogen-bond donors (Lipinski definition) is 1. The van der Waals surface area contributed by atoms with Gasteiger partial charge in [0.2, 0.25) is 0 Å². The van der Waals surface area contributed by atoms with E-state index in [0.717, 1.165) is 18.2 Å². The van der Waals surface area contributed by atoms with Crippen LogP contribution in [0.1, 0.15) is 0 Å². The number of nitro benzene ring substituents is 1. The third-order valence-corrected chi connectivity index (χ3v) is 4.04. The fourth-order valence-electron chi connectivity index (χ4n) is 1.76. The zero-order valence-electron chi connectivity index (χ0n) is 12.3. The van der Waals surface area contributed by atoms with Crippen molar-refractivity contribution in [3.63, 3.8) is 0 Å². The lowest BCUT2D eigenvalue weighted by molar-refractivity contribution is -0.384. The number of carbonyl (C=O) groups excluding carboxylic acids is 1. The van der Waals surface area contributed by atoms with Gasteiger partial charge in [-0.2, -0.15) is 8.42 Å². The zero-order chi connectivity index (χ0) is 18.6. The molecule has 2 aromatic rings. The first-order valence-electron chi connectivity index (χ1n) is 6.58. The number of anilines is 1. The molecule has 0 saturated carbocycles. The molecule has 0 fully saturated rings. The number of nitrogens with one attached hydrogen (secondary N) is 1. The Balaban J connectivity index is 1.96. The molecule has 0 radical (unpaired) electrons. The van der Waals surface area contributed by atoms with Gasteiger partial charge in [-0.25, -0.2) is 0 Å². The summed E-state index contributed by atoms with van der Waals surface area (Å²) in [6.07, 6.45) is 0. The van der Waals surface area contributed by atoms with Gasteiger partial charge < -0.3 is 10.1 Å². The molecule has 11 heteroatoms. The lowest BCUT2D eigenvalue weighted by atomic mass is 10.3. The van der Waals surface area contributed by atoms with Crippen LogP contribution in [0.5, 0.6) is 5.75 Å². The van der Waals surface area contributed by atoms with Crippen LogP contribution in [-0.4, -0.2) is 25.9 Å². The number of nitro groups is 1. The summed E-state index contributed by atoms with van der Waals surface area (Å²) in [5.74, 6) is -0.508. The maximum atomic E-state index is 12.8. The Labute approximate surface area is 146 Å². The number of halogens is 2. The molecule has 1 N–H and O–H groups in total. The van der Waals surface area contributed by atoms with Gasteiger partial charge >= 0.3 is 10.2 Å².